The van der Waals surface area contributed by atoms with Gasteiger partial charge in [-0.25, -0.2) is 9.78 Å². The summed E-state index contributed by atoms with van der Waals surface area (Å²) >= 11 is 6.20. The van der Waals surface area contributed by atoms with Crippen molar-refractivity contribution in [2.45, 2.75) is 13.8 Å². The average Bonchev–Trinajstić information content (AvgIpc) is 2.82. The second-order valence-electron chi connectivity index (χ2n) is 3.69. The van der Waals surface area contributed by atoms with Crippen LogP contribution in [0.5, 0.6) is 0 Å². The van der Waals surface area contributed by atoms with E-state index in [9.17, 15) is 4.79 Å². The van der Waals surface area contributed by atoms with Gasteiger partial charge in [0.2, 0.25) is 0 Å². The number of ether oxygens (including phenoxy) is 1. The van der Waals surface area contributed by atoms with Crippen molar-refractivity contribution in [3.8, 4) is 11.3 Å². The van der Waals surface area contributed by atoms with E-state index in [0.29, 0.717) is 16.3 Å². The summed E-state index contributed by atoms with van der Waals surface area (Å²) in [6, 6.07) is 5.50. The largest absolute Gasteiger partial charge is 0.461 e. The van der Waals surface area contributed by atoms with Crippen molar-refractivity contribution >= 4 is 17.6 Å². The first kappa shape index (κ1) is 12.6. The number of rotatable bonds is 3. The van der Waals surface area contributed by atoms with Crippen LogP contribution in [0.2, 0.25) is 5.02 Å². The first-order chi connectivity index (χ1) is 8.65. The molecular weight excluding hydrogens is 254 g/mol. The van der Waals surface area contributed by atoms with E-state index in [1.54, 1.807) is 13.0 Å². The van der Waals surface area contributed by atoms with E-state index in [0.717, 1.165) is 5.56 Å². The second kappa shape index (κ2) is 5.23. The Bertz CT molecular complexity index is 577. The fourth-order valence-corrected chi connectivity index (χ4v) is 1.82. The summed E-state index contributed by atoms with van der Waals surface area (Å²) < 4.78 is 10.2. The van der Waals surface area contributed by atoms with Gasteiger partial charge in [0.1, 0.15) is 0 Å². The Balaban J connectivity index is 2.49. The molecule has 0 aliphatic carbocycles. The van der Waals surface area contributed by atoms with Crippen LogP contribution in [-0.4, -0.2) is 17.6 Å². The normalized spacial score (nSPS) is 10.4. The predicted molar refractivity (Wildman–Crippen MR) is 67.6 cm³/mol. The topological polar surface area (TPSA) is 52.3 Å². The molecule has 0 atom stereocenters. The molecule has 0 saturated carbocycles. The second-order valence-corrected chi connectivity index (χ2v) is 4.06. The van der Waals surface area contributed by atoms with E-state index in [1.807, 2.05) is 19.1 Å². The smallest absolute Gasteiger partial charge is 0.360 e. The molecule has 94 valence electrons. The SMILES string of the molecule is CCOC(=O)c1ncoc1-c1cccc(C)c1Cl. The fraction of sp³-hybridized carbons (Fsp3) is 0.231. The average molecular weight is 266 g/mol. The van der Waals surface area contributed by atoms with Crippen LogP contribution >= 0.6 is 11.6 Å². The van der Waals surface area contributed by atoms with Crippen LogP contribution in [0.3, 0.4) is 0 Å². The molecule has 1 aromatic heterocycles. The van der Waals surface area contributed by atoms with E-state index in [-0.39, 0.29) is 12.3 Å². The number of aromatic nitrogens is 1. The van der Waals surface area contributed by atoms with Crippen LogP contribution in [0, 0.1) is 6.92 Å². The number of oxazole rings is 1. The van der Waals surface area contributed by atoms with Crippen LogP contribution < -0.4 is 0 Å². The molecule has 0 fully saturated rings. The molecule has 1 aromatic carbocycles. The summed E-state index contributed by atoms with van der Waals surface area (Å²) in [5.74, 6) is -0.180. The maximum atomic E-state index is 11.7. The van der Waals surface area contributed by atoms with Gasteiger partial charge in [-0.2, -0.15) is 0 Å². The van der Waals surface area contributed by atoms with Crippen molar-refractivity contribution in [2.24, 2.45) is 0 Å². The highest BCUT2D eigenvalue weighted by molar-refractivity contribution is 6.34. The molecule has 2 rings (SSSR count). The van der Waals surface area contributed by atoms with Crippen molar-refractivity contribution in [3.63, 3.8) is 0 Å². The van der Waals surface area contributed by atoms with Crippen LogP contribution in [0.25, 0.3) is 11.3 Å². The number of carbonyl (C=O) groups is 1. The van der Waals surface area contributed by atoms with Crippen molar-refractivity contribution in [1.29, 1.82) is 0 Å². The summed E-state index contributed by atoms with van der Waals surface area (Å²) in [6.07, 6.45) is 1.21. The molecule has 5 heteroatoms. The maximum Gasteiger partial charge on any atom is 0.360 e. The quantitative estimate of drug-likeness (QED) is 0.797. The van der Waals surface area contributed by atoms with Crippen LogP contribution in [-0.2, 0) is 4.74 Å². The van der Waals surface area contributed by atoms with Gasteiger partial charge in [0.05, 0.1) is 11.6 Å². The van der Waals surface area contributed by atoms with Gasteiger partial charge in [-0.15, -0.1) is 0 Å². The zero-order valence-corrected chi connectivity index (χ0v) is 10.8. The minimum atomic E-state index is -0.515. The van der Waals surface area contributed by atoms with Gasteiger partial charge >= 0.3 is 5.97 Å². The molecular formula is C13H12ClNO3. The van der Waals surface area contributed by atoms with Gasteiger partial charge < -0.3 is 9.15 Å². The van der Waals surface area contributed by atoms with E-state index < -0.39 is 5.97 Å². The highest BCUT2D eigenvalue weighted by Crippen LogP contribution is 2.32. The van der Waals surface area contributed by atoms with Gasteiger partial charge in [0.15, 0.2) is 17.8 Å². The molecule has 2 aromatic rings. The number of halogens is 1. The minimum absolute atomic E-state index is 0.143. The number of nitrogens with zero attached hydrogens (tertiary/aromatic N) is 1. The lowest BCUT2D eigenvalue weighted by Gasteiger charge is -2.05. The molecule has 1 heterocycles. The summed E-state index contributed by atoms with van der Waals surface area (Å²) in [5.41, 5.74) is 1.68. The number of benzene rings is 1. The number of carbonyl (C=O) groups excluding carboxylic acids is 1. The Kier molecular flexibility index (Phi) is 3.67. The van der Waals surface area contributed by atoms with Crippen molar-refractivity contribution in [3.05, 3.63) is 40.9 Å². The molecule has 0 N–H and O–H groups in total. The van der Waals surface area contributed by atoms with Crippen molar-refractivity contribution in [2.75, 3.05) is 6.61 Å². The van der Waals surface area contributed by atoms with Gasteiger partial charge in [0, 0.05) is 5.56 Å². The lowest BCUT2D eigenvalue weighted by atomic mass is 10.1. The summed E-state index contributed by atoms with van der Waals surface area (Å²) in [4.78, 5) is 15.6. The summed E-state index contributed by atoms with van der Waals surface area (Å²) in [6.45, 7) is 3.90. The van der Waals surface area contributed by atoms with Gasteiger partial charge in [-0.3, -0.25) is 0 Å². The molecule has 0 bridgehead atoms. The van der Waals surface area contributed by atoms with Crippen molar-refractivity contribution in [1.82, 2.24) is 4.98 Å². The molecule has 0 amide bonds. The van der Waals surface area contributed by atoms with E-state index in [1.165, 1.54) is 6.39 Å². The Morgan fingerprint density at radius 3 is 3.00 bits per heavy atom. The number of esters is 1. The maximum absolute atomic E-state index is 11.7. The van der Waals surface area contributed by atoms with Gasteiger partial charge in [-0.1, -0.05) is 23.7 Å². The zero-order valence-electron chi connectivity index (χ0n) is 10.1. The third kappa shape index (κ3) is 2.24. The Labute approximate surface area is 110 Å². The highest BCUT2D eigenvalue weighted by atomic mass is 35.5. The van der Waals surface area contributed by atoms with E-state index >= 15 is 0 Å². The first-order valence-electron chi connectivity index (χ1n) is 5.51. The number of hydrogen-bond donors (Lipinski definition) is 0. The standard InChI is InChI=1S/C13H12ClNO3/c1-3-17-13(16)11-12(18-7-15-11)9-6-4-5-8(2)10(9)14/h4-7H,3H2,1-2H3. The highest BCUT2D eigenvalue weighted by Gasteiger charge is 2.21. The molecule has 0 unspecified atom stereocenters. The molecule has 18 heavy (non-hydrogen) atoms. The Morgan fingerprint density at radius 2 is 2.28 bits per heavy atom. The lowest BCUT2D eigenvalue weighted by molar-refractivity contribution is 0.0520. The fourth-order valence-electron chi connectivity index (χ4n) is 1.60. The van der Waals surface area contributed by atoms with Crippen molar-refractivity contribution < 1.29 is 13.9 Å². The minimum Gasteiger partial charge on any atom is -0.461 e. The first-order valence-corrected chi connectivity index (χ1v) is 5.89. The molecule has 0 radical (unpaired) electrons. The third-order valence-corrected chi connectivity index (χ3v) is 2.97. The van der Waals surface area contributed by atoms with Gasteiger partial charge in [0.25, 0.3) is 0 Å². The van der Waals surface area contributed by atoms with Crippen LogP contribution in [0.1, 0.15) is 23.0 Å². The van der Waals surface area contributed by atoms with E-state index in [4.69, 9.17) is 20.8 Å². The molecule has 0 aliphatic rings. The number of hydrogen-bond acceptors (Lipinski definition) is 4. The number of aryl methyl sites for hydroxylation is 1. The molecule has 0 saturated heterocycles. The third-order valence-electron chi connectivity index (χ3n) is 2.47. The monoisotopic (exact) mass is 265 g/mol. The summed E-state index contributed by atoms with van der Waals surface area (Å²) in [7, 11) is 0. The van der Waals surface area contributed by atoms with E-state index in [2.05, 4.69) is 4.98 Å². The lowest BCUT2D eigenvalue weighted by Crippen LogP contribution is -2.06. The Hall–Kier alpha value is -1.81. The predicted octanol–water partition coefficient (Wildman–Crippen LogP) is 3.48. The summed E-state index contributed by atoms with van der Waals surface area (Å²) in [5, 5.41) is 0.541. The van der Waals surface area contributed by atoms with Crippen LogP contribution in [0.4, 0.5) is 0 Å². The molecule has 0 aliphatic heterocycles. The van der Waals surface area contributed by atoms with Gasteiger partial charge in [-0.05, 0) is 25.5 Å². The molecule has 4 nitrogen and oxygen atoms in total. The molecule has 0 spiro atoms. The van der Waals surface area contributed by atoms with Crippen LogP contribution in [0.15, 0.2) is 29.0 Å². The zero-order chi connectivity index (χ0) is 13.1. The Morgan fingerprint density at radius 1 is 1.50 bits per heavy atom.